The molecule has 0 radical (unpaired) electrons. The Balaban J connectivity index is 2.14. The van der Waals surface area contributed by atoms with Crippen LogP contribution in [0.4, 0.5) is 5.13 Å². The molecule has 0 saturated carbocycles. The zero-order valence-corrected chi connectivity index (χ0v) is 10.1. The van der Waals surface area contributed by atoms with Crippen molar-refractivity contribution in [2.75, 3.05) is 5.32 Å². The quantitative estimate of drug-likeness (QED) is 0.862. The van der Waals surface area contributed by atoms with Gasteiger partial charge in [0.25, 0.3) is 0 Å². The molecule has 3 N–H and O–H groups in total. The maximum absolute atomic E-state index is 11.4. The van der Waals surface area contributed by atoms with E-state index in [2.05, 4.69) is 15.3 Å². The molecule has 2 aromatic heterocycles. The minimum Gasteiger partial charge on any atom is -0.320 e. The predicted molar refractivity (Wildman–Crippen MR) is 67.6 cm³/mol. The van der Waals surface area contributed by atoms with Crippen molar-refractivity contribution in [1.29, 1.82) is 0 Å². The lowest BCUT2D eigenvalue weighted by Gasteiger charge is -2.03. The first kappa shape index (κ1) is 11.7. The van der Waals surface area contributed by atoms with Gasteiger partial charge >= 0.3 is 0 Å². The van der Waals surface area contributed by atoms with Crippen LogP contribution in [0.1, 0.15) is 6.92 Å². The van der Waals surface area contributed by atoms with Crippen LogP contribution in [-0.4, -0.2) is 21.9 Å². The Bertz CT molecular complexity index is 509. The summed E-state index contributed by atoms with van der Waals surface area (Å²) in [7, 11) is 0. The summed E-state index contributed by atoms with van der Waals surface area (Å²) >= 11 is 1.35. The first-order valence-electron chi connectivity index (χ1n) is 5.10. The molecule has 5 nitrogen and oxygen atoms in total. The van der Waals surface area contributed by atoms with Crippen molar-refractivity contribution in [3.63, 3.8) is 0 Å². The number of carbonyl (C=O) groups is 1. The van der Waals surface area contributed by atoms with Gasteiger partial charge in [-0.3, -0.25) is 9.78 Å². The van der Waals surface area contributed by atoms with Gasteiger partial charge in [0.2, 0.25) is 5.91 Å². The molecule has 2 rings (SSSR count). The Labute approximate surface area is 103 Å². The van der Waals surface area contributed by atoms with E-state index in [0.717, 1.165) is 11.4 Å². The standard InChI is InChI=1S/C11H12N4OS/c1-7(12)10(16)15-11-14-9(6-17-11)8-4-2-3-5-13-8/h2-7H,12H2,1H3,(H,14,15,16)/t7-/m0/s1. The molecule has 88 valence electrons. The zero-order chi connectivity index (χ0) is 12.3. The summed E-state index contributed by atoms with van der Waals surface area (Å²) in [6, 6.07) is 5.06. The van der Waals surface area contributed by atoms with Gasteiger partial charge in [-0.25, -0.2) is 4.98 Å². The normalized spacial score (nSPS) is 12.1. The molecular formula is C11H12N4OS. The molecule has 0 unspecified atom stereocenters. The molecule has 1 amide bonds. The van der Waals surface area contributed by atoms with Gasteiger partial charge in [0.1, 0.15) is 5.69 Å². The summed E-state index contributed by atoms with van der Waals surface area (Å²) in [6.07, 6.45) is 1.70. The van der Waals surface area contributed by atoms with E-state index in [1.807, 2.05) is 23.6 Å². The van der Waals surface area contributed by atoms with Crippen molar-refractivity contribution in [1.82, 2.24) is 9.97 Å². The van der Waals surface area contributed by atoms with E-state index in [9.17, 15) is 4.79 Å². The SMILES string of the molecule is C[C@H](N)C(=O)Nc1nc(-c2ccccn2)cs1. The summed E-state index contributed by atoms with van der Waals surface area (Å²) in [5.74, 6) is -0.244. The molecule has 2 aromatic rings. The van der Waals surface area contributed by atoms with Gasteiger partial charge < -0.3 is 11.1 Å². The number of nitrogens with zero attached hydrogens (tertiary/aromatic N) is 2. The molecule has 0 aromatic carbocycles. The van der Waals surface area contributed by atoms with Crippen LogP contribution in [0.5, 0.6) is 0 Å². The fourth-order valence-corrected chi connectivity index (χ4v) is 1.89. The maximum Gasteiger partial charge on any atom is 0.242 e. The monoisotopic (exact) mass is 248 g/mol. The first-order chi connectivity index (χ1) is 8.16. The molecule has 0 saturated heterocycles. The molecule has 0 bridgehead atoms. The van der Waals surface area contributed by atoms with Crippen molar-refractivity contribution in [3.05, 3.63) is 29.8 Å². The smallest absolute Gasteiger partial charge is 0.242 e. The molecule has 1 atom stereocenters. The topological polar surface area (TPSA) is 80.9 Å². The number of anilines is 1. The van der Waals surface area contributed by atoms with Crippen LogP contribution in [0.15, 0.2) is 29.8 Å². The lowest BCUT2D eigenvalue weighted by Crippen LogP contribution is -2.32. The molecule has 0 aliphatic heterocycles. The fourth-order valence-electron chi connectivity index (χ4n) is 1.18. The highest BCUT2D eigenvalue weighted by atomic mass is 32.1. The summed E-state index contributed by atoms with van der Waals surface area (Å²) < 4.78 is 0. The Hall–Kier alpha value is -1.79. The Morgan fingerprint density at radius 3 is 2.94 bits per heavy atom. The van der Waals surface area contributed by atoms with Crippen LogP contribution in [0, 0.1) is 0 Å². The first-order valence-corrected chi connectivity index (χ1v) is 5.98. The third kappa shape index (κ3) is 2.86. The number of rotatable bonds is 3. The molecule has 0 aliphatic rings. The minimum atomic E-state index is -0.544. The van der Waals surface area contributed by atoms with Crippen molar-refractivity contribution >= 4 is 22.4 Å². The highest BCUT2D eigenvalue weighted by molar-refractivity contribution is 7.14. The molecule has 6 heteroatoms. The average molecular weight is 248 g/mol. The highest BCUT2D eigenvalue weighted by Crippen LogP contribution is 2.22. The molecule has 17 heavy (non-hydrogen) atoms. The second-order valence-corrected chi connectivity index (χ2v) is 4.39. The summed E-state index contributed by atoms with van der Waals surface area (Å²) in [4.78, 5) is 19.8. The lowest BCUT2D eigenvalue weighted by molar-refractivity contribution is -0.117. The van der Waals surface area contributed by atoms with Crippen LogP contribution in [0.3, 0.4) is 0 Å². The molecule has 0 fully saturated rings. The number of pyridine rings is 1. The molecule has 0 spiro atoms. The van der Waals surface area contributed by atoms with E-state index >= 15 is 0 Å². The van der Waals surface area contributed by atoms with Crippen LogP contribution in [0.25, 0.3) is 11.4 Å². The fraction of sp³-hybridized carbons (Fsp3) is 0.182. The van der Waals surface area contributed by atoms with Gasteiger partial charge in [-0.15, -0.1) is 11.3 Å². The van der Waals surface area contributed by atoms with E-state index in [-0.39, 0.29) is 5.91 Å². The van der Waals surface area contributed by atoms with Gasteiger partial charge in [0.15, 0.2) is 5.13 Å². The van der Waals surface area contributed by atoms with E-state index in [1.165, 1.54) is 11.3 Å². The van der Waals surface area contributed by atoms with Crippen LogP contribution >= 0.6 is 11.3 Å². The highest BCUT2D eigenvalue weighted by Gasteiger charge is 2.11. The van der Waals surface area contributed by atoms with Crippen molar-refractivity contribution in [2.45, 2.75) is 13.0 Å². The number of nitrogens with one attached hydrogen (secondary N) is 1. The number of hydrogen-bond donors (Lipinski definition) is 2. The summed E-state index contributed by atoms with van der Waals surface area (Å²) in [5, 5.41) is 5.03. The van der Waals surface area contributed by atoms with E-state index in [4.69, 9.17) is 5.73 Å². The van der Waals surface area contributed by atoms with Crippen molar-refractivity contribution in [3.8, 4) is 11.4 Å². The molecular weight excluding hydrogens is 236 g/mol. The third-order valence-electron chi connectivity index (χ3n) is 2.08. The number of thiazole rings is 1. The summed E-state index contributed by atoms with van der Waals surface area (Å²) in [5.41, 5.74) is 6.98. The predicted octanol–water partition coefficient (Wildman–Crippen LogP) is 1.49. The van der Waals surface area contributed by atoms with Gasteiger partial charge in [0, 0.05) is 11.6 Å². The summed E-state index contributed by atoms with van der Waals surface area (Å²) in [6.45, 7) is 1.63. The second-order valence-electron chi connectivity index (χ2n) is 3.53. The van der Waals surface area contributed by atoms with Gasteiger partial charge in [-0.1, -0.05) is 6.07 Å². The second kappa shape index (κ2) is 5.03. The number of carbonyl (C=O) groups excluding carboxylic acids is 1. The minimum absolute atomic E-state index is 0.244. The zero-order valence-electron chi connectivity index (χ0n) is 9.25. The van der Waals surface area contributed by atoms with Crippen LogP contribution < -0.4 is 11.1 Å². The number of aromatic nitrogens is 2. The van der Waals surface area contributed by atoms with Gasteiger partial charge in [0.05, 0.1) is 11.7 Å². The number of nitrogens with two attached hydrogens (primary N) is 1. The Morgan fingerprint density at radius 1 is 1.47 bits per heavy atom. The van der Waals surface area contributed by atoms with Crippen molar-refractivity contribution < 1.29 is 4.79 Å². The lowest BCUT2D eigenvalue weighted by atomic mass is 10.3. The average Bonchev–Trinajstić information content (AvgIpc) is 2.78. The maximum atomic E-state index is 11.4. The van der Waals surface area contributed by atoms with Gasteiger partial charge in [-0.05, 0) is 19.1 Å². The van der Waals surface area contributed by atoms with Crippen LogP contribution in [-0.2, 0) is 4.79 Å². The third-order valence-corrected chi connectivity index (χ3v) is 2.83. The van der Waals surface area contributed by atoms with E-state index in [0.29, 0.717) is 5.13 Å². The molecule has 2 heterocycles. The molecule has 0 aliphatic carbocycles. The van der Waals surface area contributed by atoms with Crippen LogP contribution in [0.2, 0.25) is 0 Å². The van der Waals surface area contributed by atoms with E-state index < -0.39 is 6.04 Å². The Morgan fingerprint density at radius 2 is 2.29 bits per heavy atom. The van der Waals surface area contributed by atoms with E-state index in [1.54, 1.807) is 13.1 Å². The van der Waals surface area contributed by atoms with Crippen molar-refractivity contribution in [2.24, 2.45) is 5.73 Å². The Kier molecular flexibility index (Phi) is 3.46. The van der Waals surface area contributed by atoms with Gasteiger partial charge in [-0.2, -0.15) is 0 Å². The number of hydrogen-bond acceptors (Lipinski definition) is 5. The number of amides is 1. The largest absolute Gasteiger partial charge is 0.320 e.